The summed E-state index contributed by atoms with van der Waals surface area (Å²) in [6.07, 6.45) is -0.0256. The second kappa shape index (κ2) is 7.22. The lowest BCUT2D eigenvalue weighted by Gasteiger charge is -2.10. The van der Waals surface area contributed by atoms with E-state index < -0.39 is 5.97 Å². The third-order valence-corrected chi connectivity index (χ3v) is 5.42. The molecule has 0 spiro atoms. The van der Waals surface area contributed by atoms with Gasteiger partial charge in [0.05, 0.1) is 11.0 Å². The van der Waals surface area contributed by atoms with E-state index in [9.17, 15) is 9.90 Å². The van der Waals surface area contributed by atoms with Crippen molar-refractivity contribution in [3.63, 3.8) is 0 Å². The highest BCUT2D eigenvalue weighted by atomic mass is 32.2. The highest BCUT2D eigenvalue weighted by molar-refractivity contribution is 7.98. The smallest absolute Gasteiger partial charge is 0.169 e. The molecule has 0 saturated heterocycles. The van der Waals surface area contributed by atoms with Gasteiger partial charge < -0.3 is 14.5 Å². The Hall–Kier alpha value is -2.79. The summed E-state index contributed by atoms with van der Waals surface area (Å²) in [4.78, 5) is 15.6. The molecule has 0 N–H and O–H groups in total. The fourth-order valence-corrected chi connectivity index (χ4v) is 4.19. The van der Waals surface area contributed by atoms with Crippen LogP contribution < -0.4 is 5.11 Å². The molecule has 0 radical (unpaired) electrons. The van der Waals surface area contributed by atoms with Crippen molar-refractivity contribution in [1.29, 1.82) is 0 Å². The van der Waals surface area contributed by atoms with Gasteiger partial charge in [-0.25, -0.2) is 4.98 Å². The van der Waals surface area contributed by atoms with Gasteiger partial charge in [0.15, 0.2) is 5.16 Å². The number of carboxylic acids is 1. The Morgan fingerprint density at radius 2 is 1.77 bits per heavy atom. The van der Waals surface area contributed by atoms with Crippen LogP contribution in [0, 0.1) is 0 Å². The first kappa shape index (κ1) is 16.7. The van der Waals surface area contributed by atoms with Crippen molar-refractivity contribution in [3.8, 4) is 0 Å². The number of nitrogens with zero attached hydrogens (tertiary/aromatic N) is 2. The largest absolute Gasteiger partial charge is 0.550 e. The van der Waals surface area contributed by atoms with Crippen molar-refractivity contribution in [3.05, 3.63) is 72.3 Å². The van der Waals surface area contributed by atoms with Gasteiger partial charge in [0.25, 0.3) is 0 Å². The summed E-state index contributed by atoms with van der Waals surface area (Å²) >= 11 is 1.63. The maximum atomic E-state index is 10.9. The number of hydrogen-bond donors (Lipinski definition) is 0. The van der Waals surface area contributed by atoms with Crippen LogP contribution in [0.4, 0.5) is 0 Å². The second-order valence-electron chi connectivity index (χ2n) is 6.08. The number of aromatic nitrogens is 2. The highest BCUT2D eigenvalue weighted by Crippen LogP contribution is 2.29. The lowest BCUT2D eigenvalue weighted by atomic mass is 10.1. The average molecular weight is 361 g/mol. The molecule has 130 valence electrons. The van der Waals surface area contributed by atoms with Gasteiger partial charge in [-0.1, -0.05) is 66.4 Å². The molecule has 0 atom stereocenters. The Balaban J connectivity index is 1.66. The van der Waals surface area contributed by atoms with Crippen LogP contribution >= 0.6 is 11.8 Å². The topological polar surface area (TPSA) is 57.9 Å². The number of benzene rings is 3. The molecule has 1 aromatic heterocycles. The van der Waals surface area contributed by atoms with Crippen LogP contribution in [0.5, 0.6) is 0 Å². The van der Waals surface area contributed by atoms with Crippen molar-refractivity contribution in [2.75, 3.05) is 0 Å². The molecule has 0 saturated carbocycles. The molecule has 0 fully saturated rings. The van der Waals surface area contributed by atoms with E-state index in [0.29, 0.717) is 6.54 Å². The van der Waals surface area contributed by atoms with Gasteiger partial charge in [-0.15, -0.1) is 0 Å². The van der Waals surface area contributed by atoms with E-state index in [1.165, 1.54) is 16.3 Å². The van der Waals surface area contributed by atoms with Gasteiger partial charge in [0, 0.05) is 24.7 Å². The number of aryl methyl sites for hydroxylation is 1. The number of carbonyl (C=O) groups excluding carboxylic acids is 1. The maximum Gasteiger partial charge on any atom is 0.169 e. The number of aliphatic carboxylic acids is 1. The average Bonchev–Trinajstić information content (AvgIpc) is 3.02. The Kier molecular flexibility index (Phi) is 4.63. The Bertz CT molecular complexity index is 1080. The molecule has 0 aliphatic heterocycles. The normalized spacial score (nSPS) is 11.2. The number of hydrogen-bond acceptors (Lipinski definition) is 4. The molecule has 0 unspecified atom stereocenters. The number of thioether (sulfide) groups is 1. The summed E-state index contributed by atoms with van der Waals surface area (Å²) in [6, 6.07) is 22.4. The van der Waals surface area contributed by atoms with E-state index in [1.54, 1.807) is 11.8 Å². The summed E-state index contributed by atoms with van der Waals surface area (Å²) in [5, 5.41) is 14.2. The zero-order valence-electron chi connectivity index (χ0n) is 14.1. The number of fused-ring (bicyclic) bond motifs is 2. The molecule has 4 nitrogen and oxygen atoms in total. The third-order valence-electron chi connectivity index (χ3n) is 4.40. The maximum absolute atomic E-state index is 10.9. The van der Waals surface area contributed by atoms with E-state index >= 15 is 0 Å². The zero-order valence-corrected chi connectivity index (χ0v) is 14.9. The fraction of sp³-hybridized carbons (Fsp3) is 0.143. The quantitative estimate of drug-likeness (QED) is 0.492. The fourth-order valence-electron chi connectivity index (χ4n) is 3.14. The number of rotatable bonds is 6. The molecule has 0 amide bonds. The van der Waals surface area contributed by atoms with Gasteiger partial charge in [-0.2, -0.15) is 0 Å². The molecule has 26 heavy (non-hydrogen) atoms. The minimum atomic E-state index is -1.05. The van der Waals surface area contributed by atoms with Crippen LogP contribution in [0.2, 0.25) is 0 Å². The predicted molar refractivity (Wildman–Crippen MR) is 103 cm³/mol. The summed E-state index contributed by atoms with van der Waals surface area (Å²) in [5.74, 6) is -0.275. The SMILES string of the molecule is O=C([O-])CCn1c(SCc2cccc3ccccc23)nc2ccccc21. The third kappa shape index (κ3) is 3.30. The molecular weight excluding hydrogens is 344 g/mol. The van der Waals surface area contributed by atoms with Crippen molar-refractivity contribution in [2.24, 2.45) is 0 Å². The van der Waals surface area contributed by atoms with E-state index in [-0.39, 0.29) is 6.42 Å². The predicted octanol–water partition coefficient (Wildman–Crippen LogP) is 3.62. The number of imidazole rings is 1. The van der Waals surface area contributed by atoms with Gasteiger partial charge >= 0.3 is 0 Å². The van der Waals surface area contributed by atoms with E-state index in [1.807, 2.05) is 41.0 Å². The molecular formula is C21H17N2O2S-. The van der Waals surface area contributed by atoms with Crippen LogP contribution in [0.3, 0.4) is 0 Å². The molecule has 4 aromatic rings. The van der Waals surface area contributed by atoms with E-state index in [2.05, 4.69) is 30.3 Å². The lowest BCUT2D eigenvalue weighted by Crippen LogP contribution is -2.23. The Labute approximate surface area is 155 Å². The van der Waals surface area contributed by atoms with Crippen molar-refractivity contribution >= 4 is 39.5 Å². The molecule has 1 heterocycles. The Morgan fingerprint density at radius 3 is 2.65 bits per heavy atom. The minimum Gasteiger partial charge on any atom is -0.550 e. The first-order valence-corrected chi connectivity index (χ1v) is 9.45. The van der Waals surface area contributed by atoms with Crippen LogP contribution in [0.15, 0.2) is 71.9 Å². The molecule has 0 aliphatic rings. The van der Waals surface area contributed by atoms with E-state index in [4.69, 9.17) is 4.98 Å². The van der Waals surface area contributed by atoms with Crippen molar-refractivity contribution in [2.45, 2.75) is 23.9 Å². The summed E-state index contributed by atoms with van der Waals surface area (Å²) in [7, 11) is 0. The highest BCUT2D eigenvalue weighted by Gasteiger charge is 2.12. The van der Waals surface area contributed by atoms with Crippen molar-refractivity contribution < 1.29 is 9.90 Å². The van der Waals surface area contributed by atoms with E-state index in [0.717, 1.165) is 21.9 Å². The Morgan fingerprint density at radius 1 is 1.00 bits per heavy atom. The van der Waals surface area contributed by atoms with Gasteiger partial charge in [-0.3, -0.25) is 0 Å². The van der Waals surface area contributed by atoms with Gasteiger partial charge in [-0.05, 0) is 28.5 Å². The standard InChI is InChI=1S/C21H18N2O2S/c24-20(25)12-13-23-19-11-4-3-10-18(19)22-21(23)26-14-16-8-5-7-15-6-1-2-9-17(15)16/h1-11H,12-14H2,(H,24,25)/p-1. The number of para-hydroxylation sites is 2. The van der Waals surface area contributed by atoms with Crippen LogP contribution in [0.25, 0.3) is 21.8 Å². The molecule has 3 aromatic carbocycles. The number of carbonyl (C=O) groups is 1. The van der Waals surface area contributed by atoms with Crippen LogP contribution in [-0.2, 0) is 17.1 Å². The zero-order chi connectivity index (χ0) is 17.9. The molecule has 4 rings (SSSR count). The van der Waals surface area contributed by atoms with Crippen LogP contribution in [-0.4, -0.2) is 15.5 Å². The summed E-state index contributed by atoms with van der Waals surface area (Å²) in [6.45, 7) is 0.362. The van der Waals surface area contributed by atoms with Gasteiger partial charge in [0.1, 0.15) is 0 Å². The monoisotopic (exact) mass is 361 g/mol. The first-order chi connectivity index (χ1) is 12.7. The second-order valence-corrected chi connectivity index (χ2v) is 7.03. The van der Waals surface area contributed by atoms with Gasteiger partial charge in [0.2, 0.25) is 0 Å². The minimum absolute atomic E-state index is 0.0256. The molecule has 0 aliphatic carbocycles. The summed E-state index contributed by atoms with van der Waals surface area (Å²) < 4.78 is 1.97. The first-order valence-electron chi connectivity index (χ1n) is 8.47. The molecule has 5 heteroatoms. The number of carboxylic acid groups (broad SMARTS) is 1. The molecule has 0 bridgehead atoms. The van der Waals surface area contributed by atoms with Crippen molar-refractivity contribution in [1.82, 2.24) is 9.55 Å². The summed E-state index contributed by atoms with van der Waals surface area (Å²) in [5.41, 5.74) is 3.08. The van der Waals surface area contributed by atoms with Crippen LogP contribution in [0.1, 0.15) is 12.0 Å². The lowest BCUT2D eigenvalue weighted by molar-refractivity contribution is -0.305.